The third-order valence-electron chi connectivity index (χ3n) is 16.5. The van der Waals surface area contributed by atoms with Gasteiger partial charge in [0.1, 0.15) is 24.4 Å². The lowest BCUT2D eigenvalue weighted by Gasteiger charge is -2.40. The van der Waals surface area contributed by atoms with E-state index in [-0.39, 0.29) is 12.5 Å². The fourth-order valence-electron chi connectivity index (χ4n) is 11.1. The van der Waals surface area contributed by atoms with Crippen molar-refractivity contribution in [2.75, 3.05) is 13.2 Å². The summed E-state index contributed by atoms with van der Waals surface area (Å²) in [5.41, 5.74) is 0. The second kappa shape index (κ2) is 58.6. The van der Waals surface area contributed by atoms with Crippen LogP contribution in [0.5, 0.6) is 0 Å². The highest BCUT2D eigenvalue weighted by atomic mass is 16.7. The maximum Gasteiger partial charge on any atom is 0.220 e. The minimum absolute atomic E-state index is 0.133. The second-order valence-electron chi connectivity index (χ2n) is 24.0. The molecule has 0 aromatic rings. The van der Waals surface area contributed by atoms with E-state index in [2.05, 4.69) is 55.6 Å². The van der Waals surface area contributed by atoms with E-state index in [0.29, 0.717) is 12.8 Å². The highest BCUT2D eigenvalue weighted by molar-refractivity contribution is 5.76. The molecule has 0 bridgehead atoms. The molecule has 460 valence electrons. The van der Waals surface area contributed by atoms with Gasteiger partial charge < -0.3 is 40.3 Å². The third-order valence-corrected chi connectivity index (χ3v) is 16.5. The molecule has 78 heavy (non-hydrogen) atoms. The fraction of sp³-hybridized carbons (Fsp3) is 0.899. The van der Waals surface area contributed by atoms with Crippen molar-refractivity contribution in [3.05, 3.63) is 36.5 Å². The van der Waals surface area contributed by atoms with Crippen LogP contribution >= 0.6 is 0 Å². The Morgan fingerprint density at radius 1 is 0.436 bits per heavy atom. The number of hydrogen-bond acceptors (Lipinski definition) is 8. The van der Waals surface area contributed by atoms with Crippen LogP contribution < -0.4 is 5.32 Å². The van der Waals surface area contributed by atoms with Crippen LogP contribution in [0.2, 0.25) is 0 Å². The molecule has 0 spiro atoms. The topological polar surface area (TPSA) is 149 Å². The van der Waals surface area contributed by atoms with Crippen LogP contribution in [0.4, 0.5) is 0 Å². The lowest BCUT2D eigenvalue weighted by atomic mass is 9.99. The summed E-state index contributed by atoms with van der Waals surface area (Å²) in [4.78, 5) is 13.1. The summed E-state index contributed by atoms with van der Waals surface area (Å²) in [7, 11) is 0. The number of nitrogens with one attached hydrogen (secondary N) is 1. The molecule has 1 rings (SSSR count). The smallest absolute Gasteiger partial charge is 0.220 e. The first-order valence-corrected chi connectivity index (χ1v) is 34.2. The van der Waals surface area contributed by atoms with Gasteiger partial charge in [-0.2, -0.15) is 0 Å². The molecule has 1 aliphatic heterocycles. The Hall–Kier alpha value is -1.59. The number of carbonyl (C=O) groups excluding carboxylic acids is 1. The van der Waals surface area contributed by atoms with Crippen LogP contribution in [-0.2, 0) is 14.3 Å². The Labute approximate surface area is 482 Å². The SMILES string of the molecule is CCCCCCC/C=C\C/C=C\C/C=C\CCCCCCCCCCCCCCCCCCCCCCCCCCCCC(=O)NC(COC1OC(CO)C(O)C(O)C1O)C(O)CCCCCCCCCCCCCCCC. The van der Waals surface area contributed by atoms with Gasteiger partial charge >= 0.3 is 0 Å². The number of amides is 1. The number of hydrogen-bond donors (Lipinski definition) is 6. The van der Waals surface area contributed by atoms with Crippen molar-refractivity contribution in [1.82, 2.24) is 5.32 Å². The molecule has 6 N–H and O–H groups in total. The van der Waals surface area contributed by atoms with Crippen LogP contribution in [0.3, 0.4) is 0 Å². The van der Waals surface area contributed by atoms with Gasteiger partial charge in [0.25, 0.3) is 0 Å². The maximum absolute atomic E-state index is 13.1. The van der Waals surface area contributed by atoms with Crippen LogP contribution in [0.1, 0.15) is 341 Å². The van der Waals surface area contributed by atoms with Gasteiger partial charge in [0.05, 0.1) is 25.4 Å². The molecular weight excluding hydrogens is 971 g/mol. The average molecular weight is 1100 g/mol. The van der Waals surface area contributed by atoms with Crippen molar-refractivity contribution in [3.8, 4) is 0 Å². The molecular formula is C69H131NO8. The van der Waals surface area contributed by atoms with Gasteiger partial charge in [-0.3, -0.25) is 4.79 Å². The van der Waals surface area contributed by atoms with E-state index in [0.717, 1.165) is 51.4 Å². The number of aliphatic hydroxyl groups is 5. The summed E-state index contributed by atoms with van der Waals surface area (Å²) < 4.78 is 11.3. The van der Waals surface area contributed by atoms with E-state index in [1.807, 2.05) is 0 Å². The minimum Gasteiger partial charge on any atom is -0.394 e. The van der Waals surface area contributed by atoms with Crippen molar-refractivity contribution in [1.29, 1.82) is 0 Å². The molecule has 7 atom stereocenters. The first-order valence-electron chi connectivity index (χ1n) is 34.2. The van der Waals surface area contributed by atoms with Crippen molar-refractivity contribution in [2.24, 2.45) is 0 Å². The molecule has 1 fully saturated rings. The Morgan fingerprint density at radius 2 is 0.756 bits per heavy atom. The van der Waals surface area contributed by atoms with E-state index >= 15 is 0 Å². The van der Waals surface area contributed by atoms with Crippen LogP contribution in [-0.4, -0.2) is 87.5 Å². The first-order chi connectivity index (χ1) is 38.3. The molecule has 1 amide bonds. The number of aliphatic hydroxyl groups excluding tert-OH is 5. The van der Waals surface area contributed by atoms with Crippen LogP contribution in [0.15, 0.2) is 36.5 Å². The van der Waals surface area contributed by atoms with Gasteiger partial charge in [-0.15, -0.1) is 0 Å². The highest BCUT2D eigenvalue weighted by Gasteiger charge is 2.44. The molecule has 1 heterocycles. The van der Waals surface area contributed by atoms with Gasteiger partial charge in [-0.1, -0.05) is 320 Å². The van der Waals surface area contributed by atoms with Crippen molar-refractivity contribution in [2.45, 2.75) is 384 Å². The molecule has 0 aromatic heterocycles. The van der Waals surface area contributed by atoms with E-state index in [1.165, 1.54) is 263 Å². The largest absolute Gasteiger partial charge is 0.394 e. The fourth-order valence-corrected chi connectivity index (χ4v) is 11.1. The quantitative estimate of drug-likeness (QED) is 0.0261. The normalized spacial score (nSPS) is 18.8. The molecule has 0 aliphatic carbocycles. The molecule has 1 aliphatic rings. The predicted molar refractivity (Wildman–Crippen MR) is 332 cm³/mol. The van der Waals surface area contributed by atoms with E-state index in [9.17, 15) is 30.3 Å². The Morgan fingerprint density at radius 3 is 1.12 bits per heavy atom. The van der Waals surface area contributed by atoms with Crippen LogP contribution in [0, 0.1) is 0 Å². The number of carbonyl (C=O) groups is 1. The molecule has 0 saturated carbocycles. The zero-order valence-electron chi connectivity index (χ0n) is 51.4. The minimum atomic E-state index is -1.55. The van der Waals surface area contributed by atoms with Gasteiger partial charge in [0.15, 0.2) is 6.29 Å². The van der Waals surface area contributed by atoms with Crippen molar-refractivity contribution in [3.63, 3.8) is 0 Å². The van der Waals surface area contributed by atoms with E-state index < -0.39 is 49.5 Å². The molecule has 9 nitrogen and oxygen atoms in total. The average Bonchev–Trinajstić information content (AvgIpc) is 3.46. The van der Waals surface area contributed by atoms with E-state index in [1.54, 1.807) is 0 Å². The second-order valence-corrected chi connectivity index (χ2v) is 24.0. The summed E-state index contributed by atoms with van der Waals surface area (Å²) in [5.74, 6) is -0.138. The van der Waals surface area contributed by atoms with Crippen LogP contribution in [0.25, 0.3) is 0 Å². The maximum atomic E-state index is 13.1. The number of ether oxygens (including phenoxy) is 2. The van der Waals surface area contributed by atoms with Gasteiger partial charge in [-0.25, -0.2) is 0 Å². The van der Waals surface area contributed by atoms with Gasteiger partial charge in [-0.05, 0) is 51.4 Å². The van der Waals surface area contributed by atoms with Crippen molar-refractivity contribution < 1.29 is 39.8 Å². The van der Waals surface area contributed by atoms with E-state index in [4.69, 9.17) is 9.47 Å². The van der Waals surface area contributed by atoms with Gasteiger partial charge in [0, 0.05) is 6.42 Å². The molecule has 1 saturated heterocycles. The molecule has 9 heteroatoms. The summed E-state index contributed by atoms with van der Waals surface area (Å²) in [5, 5.41) is 54.7. The van der Waals surface area contributed by atoms with Crippen molar-refractivity contribution >= 4 is 5.91 Å². The highest BCUT2D eigenvalue weighted by Crippen LogP contribution is 2.24. The number of unbranched alkanes of at least 4 members (excludes halogenated alkanes) is 44. The zero-order chi connectivity index (χ0) is 56.5. The Balaban J connectivity index is 2.00. The Kier molecular flexibility index (Phi) is 55.9. The lowest BCUT2D eigenvalue weighted by Crippen LogP contribution is -2.60. The summed E-state index contributed by atoms with van der Waals surface area (Å²) in [6, 6.07) is -0.716. The number of allylic oxidation sites excluding steroid dienone is 6. The predicted octanol–water partition coefficient (Wildman–Crippen LogP) is 18.3. The monoisotopic (exact) mass is 1100 g/mol. The van der Waals surface area contributed by atoms with Gasteiger partial charge in [0.2, 0.25) is 5.91 Å². The third kappa shape index (κ3) is 47.0. The summed E-state index contributed by atoms with van der Waals surface area (Å²) in [6.45, 7) is 3.86. The molecule has 0 radical (unpaired) electrons. The Bertz CT molecular complexity index is 1320. The lowest BCUT2D eigenvalue weighted by molar-refractivity contribution is -0.302. The first kappa shape index (κ1) is 74.4. The zero-order valence-corrected chi connectivity index (χ0v) is 51.4. The number of rotatable bonds is 60. The summed E-state index contributed by atoms with van der Waals surface area (Å²) in [6.07, 6.45) is 70.9. The molecule has 0 aromatic carbocycles. The standard InChI is InChI=1S/C69H131NO8/c1-3-5-7-9-11-13-15-17-19-20-21-22-23-24-25-26-27-28-29-30-31-32-33-34-35-36-37-38-39-40-41-42-43-44-45-47-49-51-53-55-57-59-65(73)70-62(61-77-69-68(76)67(75)66(74)64(60-71)78-69)63(72)58-56-54-52-50-48-46-18-16-14-12-10-8-6-4-2/h15,17,20-21,23-24,62-64,66-69,71-72,74-76H,3-14,16,18-19,22,25-61H2,1-2H3,(H,70,73)/b17-15-,21-20-,24-23-. The summed E-state index contributed by atoms with van der Waals surface area (Å²) >= 11 is 0. The molecule has 7 unspecified atom stereocenters.